The molecule has 0 fully saturated rings. The highest BCUT2D eigenvalue weighted by atomic mass is 32.2. The quantitative estimate of drug-likeness (QED) is 0.889. The first-order valence-corrected chi connectivity index (χ1v) is 7.76. The molecule has 1 aliphatic carbocycles. The number of aromatic amines is 1. The molecule has 0 radical (unpaired) electrons. The van der Waals surface area contributed by atoms with Crippen LogP contribution in [0.1, 0.15) is 24.1 Å². The molecule has 1 heterocycles. The van der Waals surface area contributed by atoms with Crippen molar-refractivity contribution in [2.45, 2.75) is 36.3 Å². The summed E-state index contributed by atoms with van der Waals surface area (Å²) in [7, 11) is 1.65. The maximum absolute atomic E-state index is 11.6. The van der Waals surface area contributed by atoms with Crippen molar-refractivity contribution in [3.8, 4) is 5.75 Å². The standard InChI is InChI=1S/C14H18N4O2S/c1-3-18-13(19)16-17-14(18)21-11-6-8-4-5-9(20-2)7-10(8)12(11)15/h4-5,7,11-12H,3,6,15H2,1-2H3,(H,16,19). The van der Waals surface area contributed by atoms with Crippen LogP contribution in [0.3, 0.4) is 0 Å². The highest BCUT2D eigenvalue weighted by Crippen LogP contribution is 2.40. The molecule has 0 saturated carbocycles. The van der Waals surface area contributed by atoms with Crippen LogP contribution >= 0.6 is 11.8 Å². The largest absolute Gasteiger partial charge is 0.497 e. The zero-order valence-electron chi connectivity index (χ0n) is 12.0. The number of benzene rings is 1. The summed E-state index contributed by atoms with van der Waals surface area (Å²) in [4.78, 5) is 11.6. The zero-order valence-corrected chi connectivity index (χ0v) is 12.8. The van der Waals surface area contributed by atoms with Crippen LogP contribution < -0.4 is 16.2 Å². The van der Waals surface area contributed by atoms with Crippen LogP contribution in [0.25, 0.3) is 0 Å². The Balaban J connectivity index is 1.84. The minimum atomic E-state index is -0.175. The number of methoxy groups -OCH3 is 1. The van der Waals surface area contributed by atoms with Crippen molar-refractivity contribution in [2.24, 2.45) is 5.73 Å². The second-order valence-electron chi connectivity index (χ2n) is 5.01. The predicted molar refractivity (Wildman–Crippen MR) is 81.8 cm³/mol. The molecule has 0 saturated heterocycles. The first-order valence-electron chi connectivity index (χ1n) is 6.88. The third kappa shape index (κ3) is 2.47. The van der Waals surface area contributed by atoms with Gasteiger partial charge in [-0.1, -0.05) is 17.8 Å². The van der Waals surface area contributed by atoms with Crippen molar-refractivity contribution < 1.29 is 4.74 Å². The van der Waals surface area contributed by atoms with Gasteiger partial charge in [0.25, 0.3) is 0 Å². The lowest BCUT2D eigenvalue weighted by Gasteiger charge is -2.15. The van der Waals surface area contributed by atoms with Crippen molar-refractivity contribution in [2.75, 3.05) is 7.11 Å². The van der Waals surface area contributed by atoms with Crippen LogP contribution in [-0.2, 0) is 13.0 Å². The summed E-state index contributed by atoms with van der Waals surface area (Å²) in [6.07, 6.45) is 0.871. The van der Waals surface area contributed by atoms with E-state index in [1.807, 2.05) is 19.1 Å². The lowest BCUT2D eigenvalue weighted by atomic mass is 10.1. The smallest absolute Gasteiger partial charge is 0.343 e. The Labute approximate surface area is 126 Å². The molecule has 0 amide bonds. The lowest BCUT2D eigenvalue weighted by molar-refractivity contribution is 0.414. The summed E-state index contributed by atoms with van der Waals surface area (Å²) in [5.74, 6) is 0.820. The van der Waals surface area contributed by atoms with E-state index in [2.05, 4.69) is 16.3 Å². The summed E-state index contributed by atoms with van der Waals surface area (Å²) in [5.41, 5.74) is 8.54. The Hall–Kier alpha value is -1.73. The van der Waals surface area contributed by atoms with E-state index >= 15 is 0 Å². The normalized spacial score (nSPS) is 20.5. The molecule has 2 unspecified atom stereocenters. The van der Waals surface area contributed by atoms with E-state index in [0.29, 0.717) is 11.7 Å². The Bertz CT molecular complexity index is 709. The Morgan fingerprint density at radius 1 is 1.57 bits per heavy atom. The zero-order chi connectivity index (χ0) is 15.0. The summed E-state index contributed by atoms with van der Waals surface area (Å²) >= 11 is 1.56. The monoisotopic (exact) mass is 306 g/mol. The minimum absolute atomic E-state index is 0.0859. The van der Waals surface area contributed by atoms with E-state index in [4.69, 9.17) is 10.5 Å². The molecule has 3 N–H and O–H groups in total. The Morgan fingerprint density at radius 2 is 2.38 bits per heavy atom. The molecule has 1 aromatic heterocycles. The average molecular weight is 306 g/mol. The van der Waals surface area contributed by atoms with E-state index in [1.54, 1.807) is 23.4 Å². The van der Waals surface area contributed by atoms with Gasteiger partial charge in [-0.2, -0.15) is 0 Å². The van der Waals surface area contributed by atoms with Crippen molar-refractivity contribution in [3.05, 3.63) is 39.8 Å². The summed E-state index contributed by atoms with van der Waals surface area (Å²) < 4.78 is 6.88. The molecule has 2 aromatic rings. The number of nitrogens with one attached hydrogen (secondary N) is 1. The van der Waals surface area contributed by atoms with Gasteiger partial charge >= 0.3 is 5.69 Å². The number of ether oxygens (including phenoxy) is 1. The maximum atomic E-state index is 11.6. The fourth-order valence-electron chi connectivity index (χ4n) is 2.66. The first-order chi connectivity index (χ1) is 10.1. The molecule has 0 bridgehead atoms. The molecule has 0 aliphatic heterocycles. The van der Waals surface area contributed by atoms with Gasteiger partial charge in [0.15, 0.2) is 5.16 Å². The number of nitrogens with two attached hydrogens (primary N) is 1. The molecular weight excluding hydrogens is 288 g/mol. The van der Waals surface area contributed by atoms with Gasteiger partial charge in [0.1, 0.15) is 5.75 Å². The molecule has 21 heavy (non-hydrogen) atoms. The SMILES string of the molecule is CCn1c(SC2Cc3ccc(OC)cc3C2N)n[nH]c1=O. The van der Waals surface area contributed by atoms with Crippen LogP contribution in [0.5, 0.6) is 5.75 Å². The van der Waals surface area contributed by atoms with Gasteiger partial charge < -0.3 is 10.5 Å². The second-order valence-corrected chi connectivity index (χ2v) is 6.21. The van der Waals surface area contributed by atoms with Gasteiger partial charge in [0.05, 0.1) is 7.11 Å². The number of hydrogen-bond acceptors (Lipinski definition) is 5. The molecule has 3 rings (SSSR count). The van der Waals surface area contributed by atoms with Crippen LogP contribution in [0.2, 0.25) is 0 Å². The van der Waals surface area contributed by atoms with Gasteiger partial charge in [-0.25, -0.2) is 9.89 Å². The van der Waals surface area contributed by atoms with Crippen LogP contribution in [0, 0.1) is 0 Å². The fourth-order valence-corrected chi connectivity index (χ4v) is 3.93. The third-order valence-corrected chi connectivity index (χ3v) is 5.12. The molecule has 112 valence electrons. The molecular formula is C14H18N4O2S. The molecule has 1 aliphatic rings. The molecule has 2 atom stereocenters. The Kier molecular flexibility index (Phi) is 3.77. The van der Waals surface area contributed by atoms with Crippen molar-refractivity contribution in [1.82, 2.24) is 14.8 Å². The molecule has 0 spiro atoms. The fraction of sp³-hybridized carbons (Fsp3) is 0.429. The van der Waals surface area contributed by atoms with Crippen molar-refractivity contribution in [1.29, 1.82) is 0 Å². The summed E-state index contributed by atoms with van der Waals surface area (Å²) in [6, 6.07) is 5.93. The van der Waals surface area contributed by atoms with E-state index in [9.17, 15) is 4.79 Å². The van der Waals surface area contributed by atoms with E-state index in [-0.39, 0.29) is 17.0 Å². The number of aromatic nitrogens is 3. The first kappa shape index (κ1) is 14.2. The van der Waals surface area contributed by atoms with Crippen molar-refractivity contribution in [3.63, 3.8) is 0 Å². The van der Waals surface area contributed by atoms with Crippen LogP contribution in [-0.4, -0.2) is 27.1 Å². The van der Waals surface area contributed by atoms with Gasteiger partial charge in [0.2, 0.25) is 0 Å². The number of H-pyrrole nitrogens is 1. The number of thioether (sulfide) groups is 1. The second kappa shape index (κ2) is 5.57. The van der Waals surface area contributed by atoms with Gasteiger partial charge in [-0.15, -0.1) is 5.10 Å². The number of hydrogen-bond donors (Lipinski definition) is 2. The highest BCUT2D eigenvalue weighted by Gasteiger charge is 2.32. The van der Waals surface area contributed by atoms with E-state index in [0.717, 1.165) is 17.7 Å². The van der Waals surface area contributed by atoms with Crippen LogP contribution in [0.15, 0.2) is 28.2 Å². The number of rotatable bonds is 4. The average Bonchev–Trinajstić information content (AvgIpc) is 3.00. The summed E-state index contributed by atoms with van der Waals surface area (Å²) in [6.45, 7) is 2.52. The number of fused-ring (bicyclic) bond motifs is 1. The molecule has 1 aromatic carbocycles. The lowest BCUT2D eigenvalue weighted by Crippen LogP contribution is -2.21. The van der Waals surface area contributed by atoms with Gasteiger partial charge in [-0.3, -0.25) is 4.57 Å². The Morgan fingerprint density at radius 3 is 3.10 bits per heavy atom. The van der Waals surface area contributed by atoms with E-state index < -0.39 is 0 Å². The van der Waals surface area contributed by atoms with E-state index in [1.165, 1.54) is 5.56 Å². The molecule has 7 heteroatoms. The number of nitrogens with zero attached hydrogens (tertiary/aromatic N) is 2. The highest BCUT2D eigenvalue weighted by molar-refractivity contribution is 7.99. The molecule has 6 nitrogen and oxygen atoms in total. The maximum Gasteiger partial charge on any atom is 0.343 e. The predicted octanol–water partition coefficient (Wildman–Crippen LogP) is 1.32. The summed E-state index contributed by atoms with van der Waals surface area (Å²) in [5, 5.41) is 7.45. The van der Waals surface area contributed by atoms with Gasteiger partial charge in [-0.05, 0) is 36.6 Å². The third-order valence-electron chi connectivity index (χ3n) is 3.83. The van der Waals surface area contributed by atoms with Crippen LogP contribution in [0.4, 0.5) is 0 Å². The topological polar surface area (TPSA) is 85.9 Å². The minimum Gasteiger partial charge on any atom is -0.497 e. The van der Waals surface area contributed by atoms with Gasteiger partial charge in [0, 0.05) is 17.8 Å². The van der Waals surface area contributed by atoms with Crippen molar-refractivity contribution >= 4 is 11.8 Å².